The van der Waals surface area contributed by atoms with Crippen molar-refractivity contribution in [3.05, 3.63) is 53.2 Å². The first kappa shape index (κ1) is 23.6. The molecule has 1 aromatic carbocycles. The minimum absolute atomic E-state index is 0.0961. The van der Waals surface area contributed by atoms with E-state index < -0.39 is 17.6 Å². The predicted octanol–water partition coefficient (Wildman–Crippen LogP) is 6.68. The molecule has 1 fully saturated rings. The molecule has 0 bridgehead atoms. The summed E-state index contributed by atoms with van der Waals surface area (Å²) in [5, 5.41) is 10.3. The van der Waals surface area contributed by atoms with Crippen molar-refractivity contribution in [2.24, 2.45) is 5.41 Å². The van der Waals surface area contributed by atoms with Crippen LogP contribution in [0.3, 0.4) is 0 Å². The highest BCUT2D eigenvalue weighted by molar-refractivity contribution is 7.98. The minimum atomic E-state index is -4.76. The lowest BCUT2D eigenvalue weighted by Gasteiger charge is -2.20. The lowest BCUT2D eigenvalue weighted by atomic mass is 9.96. The second-order valence-electron chi connectivity index (χ2n) is 9.56. The lowest BCUT2D eigenvalue weighted by molar-refractivity contribution is -0.137. The van der Waals surface area contributed by atoms with Gasteiger partial charge in [0.15, 0.2) is 0 Å². The van der Waals surface area contributed by atoms with Gasteiger partial charge in [-0.05, 0) is 42.0 Å². The zero-order chi connectivity index (χ0) is 24.0. The molecule has 0 amide bonds. The van der Waals surface area contributed by atoms with Gasteiger partial charge < -0.3 is 4.57 Å². The molecule has 4 rings (SSSR count). The summed E-state index contributed by atoms with van der Waals surface area (Å²) in [6, 6.07) is 5.05. The van der Waals surface area contributed by atoms with Crippen LogP contribution in [0.4, 0.5) is 17.6 Å². The van der Waals surface area contributed by atoms with Gasteiger partial charge >= 0.3 is 6.18 Å². The van der Waals surface area contributed by atoms with Crippen LogP contribution in [0, 0.1) is 22.6 Å². The molecule has 33 heavy (non-hydrogen) atoms. The number of hydrogen-bond donors (Lipinski definition) is 1. The Morgan fingerprint density at radius 2 is 1.91 bits per heavy atom. The van der Waals surface area contributed by atoms with Gasteiger partial charge in [0.1, 0.15) is 17.6 Å². The number of nitriles is 1. The van der Waals surface area contributed by atoms with Crippen molar-refractivity contribution < 1.29 is 17.6 Å². The zero-order valence-electron chi connectivity index (χ0n) is 18.6. The number of fused-ring (bicyclic) bond motifs is 1. The van der Waals surface area contributed by atoms with Crippen LogP contribution < -0.4 is 4.72 Å². The summed E-state index contributed by atoms with van der Waals surface area (Å²) in [5.74, 6) is -0.760. The molecule has 3 aromatic rings. The van der Waals surface area contributed by atoms with E-state index in [1.807, 2.05) is 10.8 Å². The smallest absolute Gasteiger partial charge is 0.347 e. The Hall–Kier alpha value is -2.57. The molecule has 0 aliphatic heterocycles. The maximum atomic E-state index is 15.2. The number of nitrogens with one attached hydrogen (secondary N) is 1. The molecule has 1 aliphatic carbocycles. The van der Waals surface area contributed by atoms with Crippen molar-refractivity contribution in [2.45, 2.75) is 58.1 Å². The van der Waals surface area contributed by atoms with Crippen molar-refractivity contribution in [3.63, 3.8) is 0 Å². The molecule has 9 heteroatoms. The highest BCUT2D eigenvalue weighted by Crippen LogP contribution is 2.40. The van der Waals surface area contributed by atoms with E-state index in [2.05, 4.69) is 30.5 Å². The number of rotatable bonds is 6. The largest absolute Gasteiger partial charge is 0.417 e. The molecule has 0 unspecified atom stereocenters. The van der Waals surface area contributed by atoms with E-state index in [1.165, 1.54) is 25.0 Å². The average molecular weight is 477 g/mol. The number of alkyl halides is 3. The summed E-state index contributed by atoms with van der Waals surface area (Å²) in [4.78, 5) is 3.77. The molecule has 0 saturated heterocycles. The molecule has 1 aliphatic rings. The Balaban J connectivity index is 1.85. The van der Waals surface area contributed by atoms with Crippen LogP contribution in [-0.4, -0.2) is 14.8 Å². The van der Waals surface area contributed by atoms with E-state index in [4.69, 9.17) is 5.26 Å². The molecule has 0 radical (unpaired) electrons. The van der Waals surface area contributed by atoms with Crippen LogP contribution in [-0.2, 0) is 19.3 Å². The van der Waals surface area contributed by atoms with Crippen molar-refractivity contribution in [1.29, 1.82) is 5.26 Å². The summed E-state index contributed by atoms with van der Waals surface area (Å²) < 4.78 is 61.8. The average Bonchev–Trinajstić information content (AvgIpc) is 3.49. The first-order valence-corrected chi connectivity index (χ1v) is 11.5. The molecule has 0 spiro atoms. The van der Waals surface area contributed by atoms with Crippen molar-refractivity contribution in [2.75, 3.05) is 0 Å². The van der Waals surface area contributed by atoms with Gasteiger partial charge in [0.05, 0.1) is 5.56 Å². The molecule has 2 aromatic heterocycles. The second kappa shape index (κ2) is 8.65. The molecular weight excluding hydrogens is 452 g/mol. The predicted molar refractivity (Wildman–Crippen MR) is 122 cm³/mol. The van der Waals surface area contributed by atoms with Gasteiger partial charge in [-0.3, -0.25) is 4.72 Å². The molecule has 2 heterocycles. The highest BCUT2D eigenvalue weighted by Gasteiger charge is 2.35. The molecule has 1 saturated carbocycles. The van der Waals surface area contributed by atoms with Crippen LogP contribution in [0.5, 0.6) is 0 Å². The topological polar surface area (TPSA) is 53.6 Å². The molecular formula is C24H24F4N4S. The van der Waals surface area contributed by atoms with E-state index in [-0.39, 0.29) is 22.2 Å². The van der Waals surface area contributed by atoms with E-state index in [0.29, 0.717) is 35.3 Å². The fourth-order valence-electron chi connectivity index (χ4n) is 3.76. The van der Waals surface area contributed by atoms with Crippen molar-refractivity contribution in [1.82, 2.24) is 14.3 Å². The van der Waals surface area contributed by atoms with Gasteiger partial charge in [0.25, 0.3) is 0 Å². The number of halogens is 4. The van der Waals surface area contributed by atoms with Crippen LogP contribution in [0.15, 0.2) is 30.6 Å². The van der Waals surface area contributed by atoms with E-state index in [9.17, 15) is 13.2 Å². The van der Waals surface area contributed by atoms with Crippen molar-refractivity contribution in [3.8, 4) is 17.2 Å². The summed E-state index contributed by atoms with van der Waals surface area (Å²) >= 11 is 1.67. The number of pyridine rings is 1. The molecule has 1 N–H and O–H groups in total. The standard InChI is InChI=1S/C24H24F4N4S/c1-23(2,3)13-32-12-14(10-31-33-16-4-5-16)17-7-21(25)18(8-22(17)32)19-11-30-15(9-29)6-20(19)24(26,27)28/h6-8,11-12,16,31H,4-5,10,13H2,1-3H3. The minimum Gasteiger partial charge on any atom is -0.347 e. The fourth-order valence-corrected chi connectivity index (χ4v) is 4.61. The third-order valence-electron chi connectivity index (χ3n) is 5.35. The first-order chi connectivity index (χ1) is 15.5. The van der Waals surface area contributed by atoms with E-state index in [1.54, 1.807) is 18.0 Å². The summed E-state index contributed by atoms with van der Waals surface area (Å²) in [6.07, 6.45) is 0.482. The highest BCUT2D eigenvalue weighted by atomic mass is 32.2. The van der Waals surface area contributed by atoms with Crippen LogP contribution in [0.25, 0.3) is 22.0 Å². The van der Waals surface area contributed by atoms with Crippen LogP contribution in [0.1, 0.15) is 50.4 Å². The Kier molecular flexibility index (Phi) is 6.18. The van der Waals surface area contributed by atoms with Gasteiger partial charge in [0, 0.05) is 52.8 Å². The quantitative estimate of drug-likeness (QED) is 0.319. The SMILES string of the molecule is CC(C)(C)Cn1cc(CNSC2CC2)c2cc(F)c(-c3cnc(C#N)cc3C(F)(F)F)cc21. The molecule has 0 atom stereocenters. The van der Waals surface area contributed by atoms with Gasteiger partial charge in [-0.1, -0.05) is 32.7 Å². The third kappa shape index (κ3) is 5.33. The van der Waals surface area contributed by atoms with Crippen LogP contribution in [0.2, 0.25) is 0 Å². The normalized spacial score (nSPS) is 14.6. The summed E-state index contributed by atoms with van der Waals surface area (Å²) in [5.41, 5.74) is -0.565. The fraction of sp³-hybridized carbons (Fsp3) is 0.417. The van der Waals surface area contributed by atoms with Crippen molar-refractivity contribution >= 4 is 22.9 Å². The zero-order valence-corrected chi connectivity index (χ0v) is 19.4. The lowest BCUT2D eigenvalue weighted by Crippen LogP contribution is -2.14. The van der Waals surface area contributed by atoms with Gasteiger partial charge in [0.2, 0.25) is 0 Å². The number of benzene rings is 1. The van der Waals surface area contributed by atoms with Gasteiger partial charge in [-0.15, -0.1) is 0 Å². The maximum Gasteiger partial charge on any atom is 0.417 e. The van der Waals surface area contributed by atoms with Gasteiger partial charge in [-0.2, -0.15) is 18.4 Å². The maximum absolute atomic E-state index is 15.2. The monoisotopic (exact) mass is 476 g/mol. The Morgan fingerprint density at radius 3 is 2.52 bits per heavy atom. The Labute approximate surface area is 194 Å². The number of nitrogens with zero attached hydrogens (tertiary/aromatic N) is 3. The van der Waals surface area contributed by atoms with Crippen LogP contribution >= 0.6 is 11.9 Å². The molecule has 4 nitrogen and oxygen atoms in total. The number of hydrogen-bond acceptors (Lipinski definition) is 4. The Morgan fingerprint density at radius 1 is 1.18 bits per heavy atom. The summed E-state index contributed by atoms with van der Waals surface area (Å²) in [7, 11) is 0. The second-order valence-corrected chi connectivity index (χ2v) is 10.7. The summed E-state index contributed by atoms with van der Waals surface area (Å²) in [6.45, 7) is 7.34. The third-order valence-corrected chi connectivity index (χ3v) is 6.46. The molecule has 174 valence electrons. The Bertz CT molecular complexity index is 1230. The number of aromatic nitrogens is 2. The van der Waals surface area contributed by atoms with E-state index in [0.717, 1.165) is 11.8 Å². The van der Waals surface area contributed by atoms with E-state index >= 15 is 4.39 Å². The first-order valence-electron chi connectivity index (χ1n) is 10.6. The van der Waals surface area contributed by atoms with Gasteiger partial charge in [-0.25, -0.2) is 9.37 Å².